The number of amides is 1. The van der Waals surface area contributed by atoms with Crippen molar-refractivity contribution >= 4 is 11.9 Å². The molecule has 3 unspecified atom stereocenters. The Morgan fingerprint density at radius 3 is 2.18 bits per heavy atom. The van der Waals surface area contributed by atoms with Crippen LogP contribution >= 0.6 is 0 Å². The molecule has 1 fully saturated rings. The van der Waals surface area contributed by atoms with Gasteiger partial charge in [-0.3, -0.25) is 9.59 Å². The van der Waals surface area contributed by atoms with E-state index in [1.165, 1.54) is 5.56 Å². The smallest absolute Gasteiger partial charge is 0.307 e. The van der Waals surface area contributed by atoms with Crippen LogP contribution in [0.2, 0.25) is 0 Å². The molecule has 1 aliphatic rings. The van der Waals surface area contributed by atoms with E-state index in [-0.39, 0.29) is 11.9 Å². The van der Waals surface area contributed by atoms with Crippen LogP contribution < -0.4 is 5.32 Å². The highest BCUT2D eigenvalue weighted by atomic mass is 16.4. The number of aliphatic carboxylic acids is 1. The van der Waals surface area contributed by atoms with E-state index in [2.05, 4.69) is 43.4 Å². The standard InChI is InChI=1S/C24H29NO3/c1-15(2)17-11-13-18(14-12-17)22(19-8-5-4-7-16(19)3)25-23(26)20-9-6-10-21(20)24(27)28/h4-5,7-8,11-15,20-22H,6,9-10H2,1-3H3,(H,25,26)(H,27,28). The fraction of sp³-hybridized carbons (Fsp3) is 0.417. The average Bonchev–Trinajstić information content (AvgIpc) is 3.17. The molecule has 148 valence electrons. The first-order valence-electron chi connectivity index (χ1n) is 10.1. The van der Waals surface area contributed by atoms with Crippen LogP contribution in [0.4, 0.5) is 0 Å². The third-order valence-electron chi connectivity index (χ3n) is 5.89. The Balaban J connectivity index is 1.92. The summed E-state index contributed by atoms with van der Waals surface area (Å²) in [7, 11) is 0. The minimum absolute atomic E-state index is 0.161. The highest BCUT2D eigenvalue weighted by Gasteiger charge is 2.38. The lowest BCUT2D eigenvalue weighted by atomic mass is 9.90. The first-order valence-corrected chi connectivity index (χ1v) is 10.1. The maximum absolute atomic E-state index is 13.0. The second kappa shape index (κ2) is 8.59. The van der Waals surface area contributed by atoms with E-state index in [0.717, 1.165) is 23.1 Å². The molecule has 1 saturated carbocycles. The molecule has 4 heteroatoms. The van der Waals surface area contributed by atoms with E-state index >= 15 is 0 Å². The van der Waals surface area contributed by atoms with Gasteiger partial charge in [-0.2, -0.15) is 0 Å². The molecule has 3 atom stereocenters. The predicted molar refractivity (Wildman–Crippen MR) is 110 cm³/mol. The number of carboxylic acid groups (broad SMARTS) is 1. The van der Waals surface area contributed by atoms with E-state index in [9.17, 15) is 14.7 Å². The molecule has 0 aromatic heterocycles. The SMILES string of the molecule is Cc1ccccc1C(NC(=O)C1CCCC1C(=O)O)c1ccc(C(C)C)cc1. The lowest BCUT2D eigenvalue weighted by molar-refractivity contribution is -0.146. The molecule has 28 heavy (non-hydrogen) atoms. The van der Waals surface area contributed by atoms with Crippen molar-refractivity contribution in [2.45, 2.75) is 52.0 Å². The summed E-state index contributed by atoms with van der Waals surface area (Å²) in [6, 6.07) is 16.1. The normalized spacial score (nSPS) is 20.1. The zero-order valence-corrected chi connectivity index (χ0v) is 16.8. The Labute approximate surface area is 167 Å². The maximum Gasteiger partial charge on any atom is 0.307 e. The molecule has 1 aliphatic carbocycles. The molecule has 2 aromatic carbocycles. The predicted octanol–water partition coefficient (Wildman–Crippen LogP) is 4.82. The van der Waals surface area contributed by atoms with Crippen LogP contribution in [-0.4, -0.2) is 17.0 Å². The van der Waals surface area contributed by atoms with Crippen molar-refractivity contribution in [2.24, 2.45) is 11.8 Å². The average molecular weight is 380 g/mol. The van der Waals surface area contributed by atoms with Crippen LogP contribution in [0.1, 0.15) is 67.3 Å². The minimum Gasteiger partial charge on any atom is -0.481 e. The number of hydrogen-bond acceptors (Lipinski definition) is 2. The summed E-state index contributed by atoms with van der Waals surface area (Å²) in [6.07, 6.45) is 1.99. The van der Waals surface area contributed by atoms with Gasteiger partial charge >= 0.3 is 5.97 Å². The molecule has 0 heterocycles. The lowest BCUT2D eigenvalue weighted by Gasteiger charge is -2.25. The van der Waals surface area contributed by atoms with Crippen LogP contribution in [0, 0.1) is 18.8 Å². The summed E-state index contributed by atoms with van der Waals surface area (Å²) < 4.78 is 0. The van der Waals surface area contributed by atoms with Gasteiger partial charge in [-0.25, -0.2) is 0 Å². The summed E-state index contributed by atoms with van der Waals surface area (Å²) in [4.78, 5) is 24.5. The molecule has 0 spiro atoms. The Morgan fingerprint density at radius 1 is 0.964 bits per heavy atom. The van der Waals surface area contributed by atoms with E-state index in [1.807, 2.05) is 31.2 Å². The van der Waals surface area contributed by atoms with Crippen LogP contribution in [0.3, 0.4) is 0 Å². The van der Waals surface area contributed by atoms with E-state index in [0.29, 0.717) is 18.8 Å². The van der Waals surface area contributed by atoms with Gasteiger partial charge in [0, 0.05) is 0 Å². The molecular weight excluding hydrogens is 350 g/mol. The van der Waals surface area contributed by atoms with Gasteiger partial charge in [-0.15, -0.1) is 0 Å². The highest BCUT2D eigenvalue weighted by Crippen LogP contribution is 2.34. The summed E-state index contributed by atoms with van der Waals surface area (Å²) >= 11 is 0. The van der Waals surface area contributed by atoms with Crippen LogP contribution in [0.25, 0.3) is 0 Å². The molecule has 0 bridgehead atoms. The number of carboxylic acids is 1. The number of hydrogen-bond donors (Lipinski definition) is 2. The lowest BCUT2D eigenvalue weighted by Crippen LogP contribution is -2.38. The van der Waals surface area contributed by atoms with Crippen molar-refractivity contribution in [3.05, 3.63) is 70.8 Å². The van der Waals surface area contributed by atoms with Crippen molar-refractivity contribution < 1.29 is 14.7 Å². The third-order valence-corrected chi connectivity index (χ3v) is 5.89. The third kappa shape index (κ3) is 4.27. The van der Waals surface area contributed by atoms with Crippen LogP contribution in [0.5, 0.6) is 0 Å². The van der Waals surface area contributed by atoms with Crippen LogP contribution in [0.15, 0.2) is 48.5 Å². The summed E-state index contributed by atoms with van der Waals surface area (Å²) in [6.45, 7) is 6.34. The first kappa shape index (κ1) is 20.1. The molecule has 0 saturated heterocycles. The van der Waals surface area contributed by atoms with E-state index < -0.39 is 17.8 Å². The Bertz CT molecular complexity index is 841. The van der Waals surface area contributed by atoms with E-state index in [1.54, 1.807) is 0 Å². The number of aryl methyl sites for hydroxylation is 1. The van der Waals surface area contributed by atoms with Crippen molar-refractivity contribution in [1.29, 1.82) is 0 Å². The zero-order chi connectivity index (χ0) is 20.3. The minimum atomic E-state index is -0.869. The fourth-order valence-electron chi connectivity index (χ4n) is 4.14. The number of nitrogens with one attached hydrogen (secondary N) is 1. The quantitative estimate of drug-likeness (QED) is 0.756. The second-order valence-electron chi connectivity index (χ2n) is 8.10. The molecule has 2 N–H and O–H groups in total. The van der Waals surface area contributed by atoms with Gasteiger partial charge in [0.25, 0.3) is 0 Å². The van der Waals surface area contributed by atoms with Gasteiger partial charge in [0.05, 0.1) is 17.9 Å². The van der Waals surface area contributed by atoms with Gasteiger partial charge in [-0.1, -0.05) is 68.8 Å². The fourth-order valence-corrected chi connectivity index (χ4v) is 4.14. The summed E-state index contributed by atoms with van der Waals surface area (Å²) in [5, 5.41) is 12.6. The van der Waals surface area contributed by atoms with Crippen LogP contribution in [-0.2, 0) is 9.59 Å². The number of carbonyl (C=O) groups excluding carboxylic acids is 1. The number of rotatable bonds is 6. The number of carbonyl (C=O) groups is 2. The zero-order valence-electron chi connectivity index (χ0n) is 16.8. The molecular formula is C24H29NO3. The first-order chi connectivity index (χ1) is 13.4. The van der Waals surface area contributed by atoms with Crippen molar-refractivity contribution in [2.75, 3.05) is 0 Å². The Kier molecular flexibility index (Phi) is 6.18. The van der Waals surface area contributed by atoms with E-state index in [4.69, 9.17) is 0 Å². The van der Waals surface area contributed by atoms with Gasteiger partial charge in [-0.05, 0) is 47.9 Å². The van der Waals surface area contributed by atoms with Gasteiger partial charge in [0.15, 0.2) is 0 Å². The molecule has 3 rings (SSSR count). The molecule has 0 aliphatic heterocycles. The largest absolute Gasteiger partial charge is 0.481 e. The Morgan fingerprint density at radius 2 is 1.57 bits per heavy atom. The van der Waals surface area contributed by atoms with Gasteiger partial charge in [0.1, 0.15) is 0 Å². The van der Waals surface area contributed by atoms with Crippen molar-refractivity contribution in [3.8, 4) is 0 Å². The molecule has 4 nitrogen and oxygen atoms in total. The molecule has 0 radical (unpaired) electrons. The summed E-state index contributed by atoms with van der Waals surface area (Å²) in [5.41, 5.74) is 4.40. The highest BCUT2D eigenvalue weighted by molar-refractivity contribution is 5.85. The second-order valence-corrected chi connectivity index (χ2v) is 8.10. The van der Waals surface area contributed by atoms with Gasteiger partial charge < -0.3 is 10.4 Å². The topological polar surface area (TPSA) is 66.4 Å². The number of benzene rings is 2. The molecule has 1 amide bonds. The Hall–Kier alpha value is -2.62. The van der Waals surface area contributed by atoms with Gasteiger partial charge in [0.2, 0.25) is 5.91 Å². The molecule has 2 aromatic rings. The summed E-state index contributed by atoms with van der Waals surface area (Å²) in [5.74, 6) is -1.63. The maximum atomic E-state index is 13.0. The van der Waals surface area contributed by atoms with Crippen molar-refractivity contribution in [1.82, 2.24) is 5.32 Å². The monoisotopic (exact) mass is 379 g/mol. The van der Waals surface area contributed by atoms with Crippen molar-refractivity contribution in [3.63, 3.8) is 0 Å².